The van der Waals surface area contributed by atoms with Crippen LogP contribution in [0, 0.1) is 5.82 Å². The molecule has 0 bridgehead atoms. The van der Waals surface area contributed by atoms with Crippen LogP contribution in [0.25, 0.3) is 0 Å². The molecule has 0 saturated heterocycles. The molecule has 72 valence electrons. The highest BCUT2D eigenvalue weighted by atomic mass is 35.5. The molecule has 1 aromatic rings. The molecule has 0 radical (unpaired) electrons. The van der Waals surface area contributed by atoms with E-state index in [1.54, 1.807) is 0 Å². The molecule has 13 heavy (non-hydrogen) atoms. The normalized spacial score (nSPS) is 9.85. The first kappa shape index (κ1) is 9.92. The van der Waals surface area contributed by atoms with Gasteiger partial charge < -0.3 is 14.6 Å². The van der Waals surface area contributed by atoms with Crippen LogP contribution in [-0.2, 0) is 0 Å². The molecule has 0 heterocycles. The van der Waals surface area contributed by atoms with Gasteiger partial charge in [-0.2, -0.15) is 4.39 Å². The second-order valence-corrected chi connectivity index (χ2v) is 2.67. The number of ether oxygens (including phenoxy) is 2. The Kier molecular flexibility index (Phi) is 2.83. The fourth-order valence-electron chi connectivity index (χ4n) is 0.953. The van der Waals surface area contributed by atoms with Crippen molar-refractivity contribution in [3.8, 4) is 17.2 Å². The van der Waals surface area contributed by atoms with Gasteiger partial charge in [-0.3, -0.25) is 0 Å². The van der Waals surface area contributed by atoms with E-state index in [1.807, 2.05) is 0 Å². The number of phenolic OH excluding ortho intramolecular Hbond substituents is 1. The van der Waals surface area contributed by atoms with E-state index in [9.17, 15) is 9.50 Å². The molecule has 0 aromatic heterocycles. The Bertz CT molecular complexity index is 299. The predicted octanol–water partition coefficient (Wildman–Crippen LogP) is 2.20. The SMILES string of the molecule is COc1c(O)cc(Cl)c(OC)c1F. The van der Waals surface area contributed by atoms with Crippen molar-refractivity contribution in [3.05, 3.63) is 16.9 Å². The van der Waals surface area contributed by atoms with Crippen molar-refractivity contribution in [3.63, 3.8) is 0 Å². The van der Waals surface area contributed by atoms with Gasteiger partial charge in [0.25, 0.3) is 0 Å². The Morgan fingerprint density at radius 2 is 1.85 bits per heavy atom. The third kappa shape index (κ3) is 1.62. The van der Waals surface area contributed by atoms with Crippen LogP contribution in [-0.4, -0.2) is 19.3 Å². The van der Waals surface area contributed by atoms with Crippen LogP contribution in [0.3, 0.4) is 0 Å². The van der Waals surface area contributed by atoms with Gasteiger partial charge in [-0.15, -0.1) is 0 Å². The summed E-state index contributed by atoms with van der Waals surface area (Å²) in [5.41, 5.74) is 0. The van der Waals surface area contributed by atoms with E-state index in [-0.39, 0.29) is 22.3 Å². The molecule has 0 saturated carbocycles. The van der Waals surface area contributed by atoms with Gasteiger partial charge in [0.05, 0.1) is 19.2 Å². The van der Waals surface area contributed by atoms with Crippen molar-refractivity contribution in [2.45, 2.75) is 0 Å². The lowest BCUT2D eigenvalue weighted by Gasteiger charge is -2.09. The quantitative estimate of drug-likeness (QED) is 0.806. The van der Waals surface area contributed by atoms with Crippen LogP contribution in [0.5, 0.6) is 17.2 Å². The van der Waals surface area contributed by atoms with E-state index in [2.05, 4.69) is 9.47 Å². The zero-order valence-corrected chi connectivity index (χ0v) is 7.85. The van der Waals surface area contributed by atoms with E-state index in [0.29, 0.717) is 0 Å². The van der Waals surface area contributed by atoms with Crippen LogP contribution in [0.1, 0.15) is 0 Å². The molecule has 0 fully saturated rings. The molecular weight excluding hydrogens is 199 g/mol. The molecule has 0 spiro atoms. The summed E-state index contributed by atoms with van der Waals surface area (Å²) in [6.45, 7) is 0. The van der Waals surface area contributed by atoms with E-state index < -0.39 is 5.82 Å². The average molecular weight is 207 g/mol. The second kappa shape index (κ2) is 3.70. The van der Waals surface area contributed by atoms with Crippen molar-refractivity contribution < 1.29 is 19.0 Å². The minimum absolute atomic E-state index is 0.00157. The van der Waals surface area contributed by atoms with E-state index >= 15 is 0 Å². The van der Waals surface area contributed by atoms with Gasteiger partial charge in [0.2, 0.25) is 11.6 Å². The first-order valence-corrected chi connectivity index (χ1v) is 3.78. The standard InChI is InChI=1S/C8H8ClFO3/c1-12-7-4(9)3-5(11)8(13-2)6(7)10/h3,11H,1-2H3. The minimum atomic E-state index is -0.810. The molecule has 0 aliphatic carbocycles. The highest BCUT2D eigenvalue weighted by Gasteiger charge is 2.18. The minimum Gasteiger partial charge on any atom is -0.504 e. The summed E-state index contributed by atoms with van der Waals surface area (Å²) in [7, 11) is 2.52. The highest BCUT2D eigenvalue weighted by molar-refractivity contribution is 6.32. The van der Waals surface area contributed by atoms with Gasteiger partial charge in [-0.25, -0.2) is 0 Å². The average Bonchev–Trinajstić information content (AvgIpc) is 2.04. The number of methoxy groups -OCH3 is 2. The zero-order chi connectivity index (χ0) is 10.0. The number of hydrogen-bond acceptors (Lipinski definition) is 3. The Labute approximate surface area is 79.7 Å². The van der Waals surface area contributed by atoms with Crippen LogP contribution in [0.4, 0.5) is 4.39 Å². The van der Waals surface area contributed by atoms with Crippen molar-refractivity contribution in [1.82, 2.24) is 0 Å². The van der Waals surface area contributed by atoms with Crippen LogP contribution < -0.4 is 9.47 Å². The summed E-state index contributed by atoms with van der Waals surface area (Å²) in [4.78, 5) is 0. The van der Waals surface area contributed by atoms with Gasteiger partial charge >= 0.3 is 0 Å². The maximum absolute atomic E-state index is 13.3. The summed E-state index contributed by atoms with van der Waals surface area (Å²) in [6, 6.07) is 1.16. The number of hydrogen-bond donors (Lipinski definition) is 1. The molecular formula is C8H8ClFO3. The summed E-state index contributed by atoms with van der Waals surface area (Å²) in [6.07, 6.45) is 0. The molecule has 0 unspecified atom stereocenters. The molecule has 1 aromatic carbocycles. The molecule has 1 rings (SSSR count). The predicted molar refractivity (Wildman–Crippen MR) is 46.2 cm³/mol. The lowest BCUT2D eigenvalue weighted by atomic mass is 10.3. The van der Waals surface area contributed by atoms with E-state index in [4.69, 9.17) is 11.6 Å². The van der Waals surface area contributed by atoms with Gasteiger partial charge in [0, 0.05) is 6.07 Å². The Hall–Kier alpha value is -1.16. The summed E-state index contributed by atoms with van der Waals surface area (Å²) >= 11 is 5.58. The maximum atomic E-state index is 13.3. The number of phenols is 1. The number of benzene rings is 1. The molecule has 0 aliphatic heterocycles. The number of aromatic hydroxyl groups is 1. The van der Waals surface area contributed by atoms with Crippen LogP contribution >= 0.6 is 11.6 Å². The van der Waals surface area contributed by atoms with Gasteiger partial charge in [0.15, 0.2) is 11.5 Å². The third-order valence-electron chi connectivity index (χ3n) is 1.52. The largest absolute Gasteiger partial charge is 0.504 e. The lowest BCUT2D eigenvalue weighted by molar-refractivity contribution is 0.329. The first-order valence-electron chi connectivity index (χ1n) is 3.40. The molecule has 0 amide bonds. The van der Waals surface area contributed by atoms with E-state index in [0.717, 1.165) is 6.07 Å². The summed E-state index contributed by atoms with van der Waals surface area (Å²) in [5, 5.41) is 9.19. The van der Waals surface area contributed by atoms with Crippen molar-refractivity contribution in [1.29, 1.82) is 0 Å². The van der Waals surface area contributed by atoms with Gasteiger partial charge in [-0.05, 0) is 0 Å². The third-order valence-corrected chi connectivity index (χ3v) is 1.80. The summed E-state index contributed by atoms with van der Waals surface area (Å²) < 4.78 is 22.6. The first-order chi connectivity index (χ1) is 6.11. The second-order valence-electron chi connectivity index (χ2n) is 2.26. The fraction of sp³-hybridized carbons (Fsp3) is 0.250. The van der Waals surface area contributed by atoms with Crippen molar-refractivity contribution in [2.24, 2.45) is 0 Å². The maximum Gasteiger partial charge on any atom is 0.212 e. The van der Waals surface area contributed by atoms with Crippen LogP contribution in [0.15, 0.2) is 6.07 Å². The molecule has 5 heteroatoms. The Balaban J connectivity index is 3.39. The molecule has 1 N–H and O–H groups in total. The van der Waals surface area contributed by atoms with E-state index in [1.165, 1.54) is 14.2 Å². The monoisotopic (exact) mass is 206 g/mol. The fourth-order valence-corrected chi connectivity index (χ4v) is 1.22. The lowest BCUT2D eigenvalue weighted by Crippen LogP contribution is -1.94. The van der Waals surface area contributed by atoms with Crippen LogP contribution in [0.2, 0.25) is 5.02 Å². The van der Waals surface area contributed by atoms with Crippen molar-refractivity contribution in [2.75, 3.05) is 14.2 Å². The Morgan fingerprint density at radius 3 is 2.31 bits per heavy atom. The summed E-state index contributed by atoms with van der Waals surface area (Å²) in [5.74, 6) is -1.58. The Morgan fingerprint density at radius 1 is 1.31 bits per heavy atom. The van der Waals surface area contributed by atoms with Gasteiger partial charge in [0.1, 0.15) is 0 Å². The van der Waals surface area contributed by atoms with Gasteiger partial charge in [-0.1, -0.05) is 11.6 Å². The number of halogens is 2. The number of rotatable bonds is 2. The zero-order valence-electron chi connectivity index (χ0n) is 7.10. The smallest absolute Gasteiger partial charge is 0.212 e. The highest BCUT2D eigenvalue weighted by Crippen LogP contribution is 2.40. The molecule has 0 atom stereocenters. The molecule has 3 nitrogen and oxygen atoms in total. The van der Waals surface area contributed by atoms with Crippen molar-refractivity contribution >= 4 is 11.6 Å². The topological polar surface area (TPSA) is 38.7 Å². The molecule has 0 aliphatic rings.